The van der Waals surface area contributed by atoms with E-state index >= 15 is 0 Å². The monoisotopic (exact) mass is 361 g/mol. The second-order valence-electron chi connectivity index (χ2n) is 5.57. The molecule has 2 aromatic rings. The summed E-state index contributed by atoms with van der Waals surface area (Å²) in [5.41, 5.74) is 1.17. The summed E-state index contributed by atoms with van der Waals surface area (Å²) >= 11 is 5.92. The van der Waals surface area contributed by atoms with Gasteiger partial charge in [-0.15, -0.1) is 0 Å². The molecule has 0 aliphatic carbocycles. The van der Waals surface area contributed by atoms with Crippen molar-refractivity contribution >= 4 is 23.5 Å². The maximum atomic E-state index is 12.4. The molecule has 0 saturated heterocycles. The standard InChI is InChI=1S/C19H20ClNO4/c1-13(18(22)21(2)12-14-7-5-4-6-8-14)25-19(23)16-11-15(20)9-10-17(16)24-3/h4-11,13H,12H2,1-3H3/t13-/m1/s1. The minimum absolute atomic E-state index is 0.181. The fourth-order valence-corrected chi connectivity index (χ4v) is 2.53. The van der Waals surface area contributed by atoms with Crippen molar-refractivity contribution in [3.8, 4) is 5.75 Å². The first-order chi connectivity index (χ1) is 11.9. The number of rotatable bonds is 6. The first kappa shape index (κ1) is 18.8. The molecule has 0 aliphatic heterocycles. The first-order valence-corrected chi connectivity index (χ1v) is 8.13. The zero-order valence-corrected chi connectivity index (χ0v) is 15.1. The van der Waals surface area contributed by atoms with Crippen LogP contribution < -0.4 is 4.74 Å². The third kappa shape index (κ3) is 4.97. The Morgan fingerprint density at radius 1 is 1.16 bits per heavy atom. The van der Waals surface area contributed by atoms with Crippen molar-refractivity contribution in [2.75, 3.05) is 14.2 Å². The van der Waals surface area contributed by atoms with Gasteiger partial charge < -0.3 is 14.4 Å². The van der Waals surface area contributed by atoms with Crippen molar-refractivity contribution < 1.29 is 19.1 Å². The normalized spacial score (nSPS) is 11.5. The van der Waals surface area contributed by atoms with Crippen molar-refractivity contribution in [1.82, 2.24) is 4.90 Å². The van der Waals surface area contributed by atoms with Crippen LogP contribution in [0.25, 0.3) is 0 Å². The summed E-state index contributed by atoms with van der Waals surface area (Å²) < 4.78 is 10.4. The van der Waals surface area contributed by atoms with E-state index in [0.717, 1.165) is 5.56 Å². The van der Waals surface area contributed by atoms with Gasteiger partial charge in [0.25, 0.3) is 5.91 Å². The summed E-state index contributed by atoms with van der Waals surface area (Å²) in [6, 6.07) is 14.2. The Bertz CT molecular complexity index is 748. The van der Waals surface area contributed by atoms with Crippen LogP contribution in [0.15, 0.2) is 48.5 Å². The van der Waals surface area contributed by atoms with Gasteiger partial charge in [-0.2, -0.15) is 0 Å². The van der Waals surface area contributed by atoms with Crippen LogP contribution >= 0.6 is 11.6 Å². The first-order valence-electron chi connectivity index (χ1n) is 7.75. The molecule has 132 valence electrons. The van der Waals surface area contributed by atoms with Gasteiger partial charge in [0.05, 0.1) is 7.11 Å². The van der Waals surface area contributed by atoms with E-state index in [1.807, 2.05) is 30.3 Å². The Hall–Kier alpha value is -2.53. The highest BCUT2D eigenvalue weighted by molar-refractivity contribution is 6.31. The summed E-state index contributed by atoms with van der Waals surface area (Å²) in [6.45, 7) is 1.97. The summed E-state index contributed by atoms with van der Waals surface area (Å²) in [4.78, 5) is 26.3. The molecule has 0 heterocycles. The van der Waals surface area contributed by atoms with Crippen LogP contribution in [0.5, 0.6) is 5.75 Å². The van der Waals surface area contributed by atoms with Crippen molar-refractivity contribution in [2.45, 2.75) is 19.6 Å². The third-order valence-corrected chi connectivity index (χ3v) is 3.89. The molecule has 1 amide bonds. The number of carbonyl (C=O) groups excluding carboxylic acids is 2. The van der Waals surface area contributed by atoms with E-state index in [0.29, 0.717) is 17.3 Å². The van der Waals surface area contributed by atoms with Crippen LogP contribution in [0.3, 0.4) is 0 Å². The lowest BCUT2D eigenvalue weighted by Gasteiger charge is -2.22. The van der Waals surface area contributed by atoms with Crippen LogP contribution in [0.2, 0.25) is 5.02 Å². The molecule has 6 heteroatoms. The molecule has 0 bridgehead atoms. The Morgan fingerprint density at radius 2 is 1.84 bits per heavy atom. The highest BCUT2D eigenvalue weighted by Gasteiger charge is 2.24. The van der Waals surface area contributed by atoms with Crippen molar-refractivity contribution in [2.24, 2.45) is 0 Å². The maximum Gasteiger partial charge on any atom is 0.342 e. The van der Waals surface area contributed by atoms with Crippen LogP contribution in [0.1, 0.15) is 22.8 Å². The third-order valence-electron chi connectivity index (χ3n) is 3.65. The van der Waals surface area contributed by atoms with E-state index in [1.165, 1.54) is 18.1 Å². The topological polar surface area (TPSA) is 55.8 Å². The number of amides is 1. The van der Waals surface area contributed by atoms with E-state index in [1.54, 1.807) is 26.1 Å². The zero-order chi connectivity index (χ0) is 18.4. The number of methoxy groups -OCH3 is 1. The fourth-order valence-electron chi connectivity index (χ4n) is 2.36. The molecular weight excluding hydrogens is 342 g/mol. The number of esters is 1. The predicted octanol–water partition coefficient (Wildman–Crippen LogP) is 3.55. The van der Waals surface area contributed by atoms with E-state index in [-0.39, 0.29) is 11.5 Å². The van der Waals surface area contributed by atoms with Crippen LogP contribution in [-0.2, 0) is 16.1 Å². The minimum atomic E-state index is -0.926. The second-order valence-corrected chi connectivity index (χ2v) is 6.01. The van der Waals surface area contributed by atoms with Gasteiger partial charge in [0.2, 0.25) is 0 Å². The molecule has 0 N–H and O–H groups in total. The number of halogens is 1. The van der Waals surface area contributed by atoms with Crippen molar-refractivity contribution in [3.05, 3.63) is 64.7 Å². The Labute approximate surface area is 152 Å². The zero-order valence-electron chi connectivity index (χ0n) is 14.4. The Morgan fingerprint density at radius 3 is 2.48 bits per heavy atom. The van der Waals surface area contributed by atoms with Crippen LogP contribution in [-0.4, -0.2) is 37.0 Å². The van der Waals surface area contributed by atoms with Gasteiger partial charge in [0.15, 0.2) is 6.10 Å². The lowest BCUT2D eigenvalue weighted by molar-refractivity contribution is -0.139. The van der Waals surface area contributed by atoms with E-state index in [4.69, 9.17) is 21.1 Å². The predicted molar refractivity (Wildman–Crippen MR) is 95.8 cm³/mol. The molecule has 1 atom stereocenters. The SMILES string of the molecule is COc1ccc(Cl)cc1C(=O)O[C@H](C)C(=O)N(C)Cc1ccccc1. The number of carbonyl (C=O) groups is 2. The lowest BCUT2D eigenvalue weighted by Crippen LogP contribution is -2.37. The highest BCUT2D eigenvalue weighted by atomic mass is 35.5. The summed E-state index contributed by atoms with van der Waals surface area (Å²) in [5.74, 6) is -0.613. The van der Waals surface area contributed by atoms with Gasteiger partial charge in [-0.3, -0.25) is 4.79 Å². The molecule has 0 fully saturated rings. The van der Waals surface area contributed by atoms with Gasteiger partial charge in [0, 0.05) is 18.6 Å². The smallest absolute Gasteiger partial charge is 0.342 e. The number of hydrogen-bond acceptors (Lipinski definition) is 4. The number of hydrogen-bond donors (Lipinski definition) is 0. The average molecular weight is 362 g/mol. The number of nitrogens with zero attached hydrogens (tertiary/aromatic N) is 1. The average Bonchev–Trinajstić information content (AvgIpc) is 2.61. The molecule has 0 spiro atoms. The van der Waals surface area contributed by atoms with Crippen LogP contribution in [0.4, 0.5) is 0 Å². The number of likely N-dealkylation sites (N-methyl/N-ethyl adjacent to an activating group) is 1. The summed E-state index contributed by atoms with van der Waals surface area (Å²) in [5, 5.41) is 0.382. The molecule has 0 saturated carbocycles. The molecule has 0 aromatic heterocycles. The van der Waals surface area contributed by atoms with Crippen LogP contribution in [0, 0.1) is 0 Å². The van der Waals surface area contributed by atoms with E-state index in [2.05, 4.69) is 0 Å². The maximum absolute atomic E-state index is 12.4. The Balaban J connectivity index is 2.03. The van der Waals surface area contributed by atoms with E-state index in [9.17, 15) is 9.59 Å². The highest BCUT2D eigenvalue weighted by Crippen LogP contribution is 2.24. The molecule has 2 aromatic carbocycles. The molecule has 0 unspecified atom stereocenters. The molecule has 25 heavy (non-hydrogen) atoms. The lowest BCUT2D eigenvalue weighted by atomic mass is 10.2. The van der Waals surface area contributed by atoms with Crippen molar-refractivity contribution in [3.63, 3.8) is 0 Å². The number of ether oxygens (including phenoxy) is 2. The largest absolute Gasteiger partial charge is 0.496 e. The summed E-state index contributed by atoms with van der Waals surface area (Å²) in [7, 11) is 3.11. The quantitative estimate of drug-likeness (QED) is 0.738. The molecule has 5 nitrogen and oxygen atoms in total. The van der Waals surface area contributed by atoms with E-state index < -0.39 is 12.1 Å². The fraction of sp³-hybridized carbons (Fsp3) is 0.263. The molecule has 0 radical (unpaired) electrons. The van der Waals surface area contributed by atoms with Gasteiger partial charge in [-0.25, -0.2) is 4.79 Å². The molecule has 2 rings (SSSR count). The van der Waals surface area contributed by atoms with Gasteiger partial charge >= 0.3 is 5.97 Å². The summed E-state index contributed by atoms with van der Waals surface area (Å²) in [6.07, 6.45) is -0.926. The van der Waals surface area contributed by atoms with Gasteiger partial charge in [-0.05, 0) is 30.7 Å². The molecule has 0 aliphatic rings. The Kier molecular flexibility index (Phi) is 6.42. The minimum Gasteiger partial charge on any atom is -0.496 e. The number of benzene rings is 2. The van der Waals surface area contributed by atoms with Crippen molar-refractivity contribution in [1.29, 1.82) is 0 Å². The van der Waals surface area contributed by atoms with Gasteiger partial charge in [-0.1, -0.05) is 41.9 Å². The van der Waals surface area contributed by atoms with Gasteiger partial charge in [0.1, 0.15) is 11.3 Å². The second kappa shape index (κ2) is 8.53. The molecular formula is C19H20ClNO4.